The maximum atomic E-state index is 11.6. The van der Waals surface area contributed by atoms with E-state index in [-0.39, 0.29) is 30.4 Å². The molecule has 1 aliphatic heterocycles. The van der Waals surface area contributed by atoms with Crippen LogP contribution in [0.1, 0.15) is 20.3 Å². The zero-order valence-electron chi connectivity index (χ0n) is 9.19. The highest BCUT2D eigenvalue weighted by Gasteiger charge is 2.26. The van der Waals surface area contributed by atoms with Crippen LogP contribution in [-0.2, 0) is 9.59 Å². The van der Waals surface area contributed by atoms with Crippen LogP contribution in [0.5, 0.6) is 0 Å². The van der Waals surface area contributed by atoms with Gasteiger partial charge in [0.15, 0.2) is 0 Å². The van der Waals surface area contributed by atoms with Crippen molar-refractivity contribution < 1.29 is 14.7 Å². The molecule has 0 aliphatic carbocycles. The Bertz CT molecular complexity index is 255. The second-order valence-electron chi connectivity index (χ2n) is 4.08. The first kappa shape index (κ1) is 12.0. The monoisotopic (exact) mass is 214 g/mol. The first-order chi connectivity index (χ1) is 7.00. The van der Waals surface area contributed by atoms with Crippen molar-refractivity contribution >= 4 is 11.8 Å². The summed E-state index contributed by atoms with van der Waals surface area (Å²) in [6.45, 7) is 4.50. The van der Waals surface area contributed by atoms with Crippen LogP contribution in [0, 0.1) is 5.92 Å². The third-order valence-electron chi connectivity index (χ3n) is 2.70. The van der Waals surface area contributed by atoms with Crippen LogP contribution >= 0.6 is 0 Å². The van der Waals surface area contributed by atoms with E-state index in [0.29, 0.717) is 19.5 Å². The number of carbonyl (C=O) groups is 2. The van der Waals surface area contributed by atoms with E-state index in [2.05, 4.69) is 5.32 Å². The molecule has 0 spiro atoms. The van der Waals surface area contributed by atoms with Crippen molar-refractivity contribution in [1.29, 1.82) is 0 Å². The van der Waals surface area contributed by atoms with Gasteiger partial charge in [0, 0.05) is 20.0 Å². The first-order valence-corrected chi connectivity index (χ1v) is 5.21. The number of hydrogen-bond donors (Lipinski definition) is 2. The summed E-state index contributed by atoms with van der Waals surface area (Å²) in [7, 11) is 0. The molecule has 1 fully saturated rings. The second kappa shape index (κ2) is 5.11. The number of piperidine rings is 1. The van der Waals surface area contributed by atoms with Gasteiger partial charge in [0.2, 0.25) is 11.8 Å². The van der Waals surface area contributed by atoms with E-state index in [1.54, 1.807) is 4.90 Å². The molecular weight excluding hydrogens is 196 g/mol. The van der Waals surface area contributed by atoms with Crippen LogP contribution in [0.3, 0.4) is 0 Å². The molecule has 0 saturated carbocycles. The maximum Gasteiger partial charge on any atom is 0.241 e. The highest BCUT2D eigenvalue weighted by Crippen LogP contribution is 2.16. The molecule has 1 heterocycles. The zero-order valence-corrected chi connectivity index (χ0v) is 9.19. The van der Waals surface area contributed by atoms with E-state index in [9.17, 15) is 14.7 Å². The lowest BCUT2D eigenvalue weighted by Crippen LogP contribution is -2.48. The molecule has 1 aliphatic rings. The van der Waals surface area contributed by atoms with Crippen LogP contribution in [-0.4, -0.2) is 47.6 Å². The minimum absolute atomic E-state index is 0.0537. The molecule has 5 heteroatoms. The summed E-state index contributed by atoms with van der Waals surface area (Å²) >= 11 is 0. The summed E-state index contributed by atoms with van der Waals surface area (Å²) in [5, 5.41) is 12.0. The molecule has 0 aromatic rings. The van der Waals surface area contributed by atoms with Gasteiger partial charge in [-0.1, -0.05) is 6.92 Å². The number of carbonyl (C=O) groups excluding carboxylic acids is 2. The Morgan fingerprint density at radius 1 is 1.53 bits per heavy atom. The number of aliphatic hydroxyl groups excluding tert-OH is 1. The fraction of sp³-hybridized carbons (Fsp3) is 0.800. The summed E-state index contributed by atoms with van der Waals surface area (Å²) in [4.78, 5) is 23.9. The van der Waals surface area contributed by atoms with Gasteiger partial charge < -0.3 is 15.3 Å². The molecule has 15 heavy (non-hydrogen) atoms. The van der Waals surface area contributed by atoms with Crippen molar-refractivity contribution in [3.63, 3.8) is 0 Å². The molecule has 0 aromatic heterocycles. The standard InChI is InChI=1S/C10H18N2O3/c1-7-6-12(4-3-9(7)14)10(15)5-11-8(2)13/h7,9,14H,3-6H2,1-2H3,(H,11,13). The largest absolute Gasteiger partial charge is 0.393 e. The Balaban J connectivity index is 2.37. The predicted octanol–water partition coefficient (Wildman–Crippen LogP) is -0.648. The number of rotatable bonds is 2. The maximum absolute atomic E-state index is 11.6. The first-order valence-electron chi connectivity index (χ1n) is 5.21. The summed E-state index contributed by atoms with van der Waals surface area (Å²) in [6, 6.07) is 0. The van der Waals surface area contributed by atoms with Gasteiger partial charge in [0.05, 0.1) is 12.6 Å². The van der Waals surface area contributed by atoms with Crippen molar-refractivity contribution in [2.45, 2.75) is 26.4 Å². The number of aliphatic hydroxyl groups is 1. The Morgan fingerprint density at radius 2 is 2.20 bits per heavy atom. The normalized spacial score (nSPS) is 26.2. The van der Waals surface area contributed by atoms with Crippen LogP contribution in [0.4, 0.5) is 0 Å². The van der Waals surface area contributed by atoms with Gasteiger partial charge in [-0.2, -0.15) is 0 Å². The Hall–Kier alpha value is -1.10. The molecule has 2 atom stereocenters. The van der Waals surface area contributed by atoms with Gasteiger partial charge in [-0.05, 0) is 12.3 Å². The number of likely N-dealkylation sites (tertiary alicyclic amines) is 1. The van der Waals surface area contributed by atoms with Gasteiger partial charge >= 0.3 is 0 Å². The number of amides is 2. The third-order valence-corrected chi connectivity index (χ3v) is 2.70. The topological polar surface area (TPSA) is 69.6 Å². The van der Waals surface area contributed by atoms with Crippen LogP contribution in [0.15, 0.2) is 0 Å². The highest BCUT2D eigenvalue weighted by atomic mass is 16.3. The zero-order chi connectivity index (χ0) is 11.4. The molecule has 0 bridgehead atoms. The van der Waals surface area contributed by atoms with Crippen molar-refractivity contribution in [2.75, 3.05) is 19.6 Å². The molecule has 5 nitrogen and oxygen atoms in total. The van der Waals surface area contributed by atoms with E-state index in [1.165, 1.54) is 6.92 Å². The SMILES string of the molecule is CC(=O)NCC(=O)N1CCC(O)C(C)C1. The lowest BCUT2D eigenvalue weighted by Gasteiger charge is -2.34. The van der Waals surface area contributed by atoms with Crippen molar-refractivity contribution in [2.24, 2.45) is 5.92 Å². The Morgan fingerprint density at radius 3 is 2.73 bits per heavy atom. The molecule has 1 rings (SSSR count). The van der Waals surface area contributed by atoms with Crippen LogP contribution in [0.25, 0.3) is 0 Å². The van der Waals surface area contributed by atoms with Gasteiger partial charge in [-0.3, -0.25) is 9.59 Å². The van der Waals surface area contributed by atoms with Crippen LogP contribution < -0.4 is 5.32 Å². The summed E-state index contributed by atoms with van der Waals surface area (Å²) in [5.41, 5.74) is 0. The molecule has 2 amide bonds. The second-order valence-corrected chi connectivity index (χ2v) is 4.08. The van der Waals surface area contributed by atoms with E-state index in [0.717, 1.165) is 0 Å². The average Bonchev–Trinajstić information content (AvgIpc) is 2.18. The minimum atomic E-state index is -0.310. The quantitative estimate of drug-likeness (QED) is 0.642. The van der Waals surface area contributed by atoms with Gasteiger partial charge in [0.25, 0.3) is 0 Å². The summed E-state index contributed by atoms with van der Waals surface area (Å²) in [5.74, 6) is -0.169. The Labute approximate surface area is 89.4 Å². The van der Waals surface area contributed by atoms with E-state index < -0.39 is 0 Å². The average molecular weight is 214 g/mol. The Kier molecular flexibility index (Phi) is 4.08. The fourth-order valence-corrected chi connectivity index (χ4v) is 1.67. The van der Waals surface area contributed by atoms with Crippen molar-refractivity contribution in [1.82, 2.24) is 10.2 Å². The number of nitrogens with one attached hydrogen (secondary N) is 1. The van der Waals surface area contributed by atoms with Gasteiger partial charge in [-0.15, -0.1) is 0 Å². The van der Waals surface area contributed by atoms with Gasteiger partial charge in [-0.25, -0.2) is 0 Å². The van der Waals surface area contributed by atoms with Crippen molar-refractivity contribution in [3.8, 4) is 0 Å². The molecule has 1 saturated heterocycles. The predicted molar refractivity (Wildman–Crippen MR) is 55.1 cm³/mol. The lowest BCUT2D eigenvalue weighted by molar-refractivity contribution is -0.135. The van der Waals surface area contributed by atoms with E-state index in [4.69, 9.17) is 0 Å². The summed E-state index contributed by atoms with van der Waals surface area (Å²) in [6.07, 6.45) is 0.308. The molecule has 0 aromatic carbocycles. The molecule has 2 unspecified atom stereocenters. The molecule has 86 valence electrons. The summed E-state index contributed by atoms with van der Waals surface area (Å²) < 4.78 is 0. The highest BCUT2D eigenvalue weighted by molar-refractivity contribution is 5.83. The third kappa shape index (κ3) is 3.51. The van der Waals surface area contributed by atoms with E-state index >= 15 is 0 Å². The van der Waals surface area contributed by atoms with E-state index in [1.807, 2.05) is 6.92 Å². The molecule has 2 N–H and O–H groups in total. The lowest BCUT2D eigenvalue weighted by atomic mass is 9.97. The van der Waals surface area contributed by atoms with Crippen molar-refractivity contribution in [3.05, 3.63) is 0 Å². The number of nitrogens with zero attached hydrogens (tertiary/aromatic N) is 1. The van der Waals surface area contributed by atoms with Crippen LogP contribution in [0.2, 0.25) is 0 Å². The molecular formula is C10H18N2O3. The van der Waals surface area contributed by atoms with Gasteiger partial charge in [0.1, 0.15) is 0 Å². The smallest absolute Gasteiger partial charge is 0.241 e. The molecule has 0 radical (unpaired) electrons. The number of hydrogen-bond acceptors (Lipinski definition) is 3. The fourth-order valence-electron chi connectivity index (χ4n) is 1.67. The minimum Gasteiger partial charge on any atom is -0.393 e.